The normalized spacial score (nSPS) is 11.9. The van der Waals surface area contributed by atoms with Crippen LogP contribution in [0, 0.1) is 0 Å². The SMILES string of the molecule is C=C(COc1ccc(C(C)(C)c2ccc(OCC(=C)C(=O)OC(C)(C)C)cc2)cc1)C(=O)OC(C)(C)C. The van der Waals surface area contributed by atoms with Gasteiger partial charge in [0.25, 0.3) is 0 Å². The number of rotatable bonds is 10. The molecule has 0 fully saturated rings. The van der Waals surface area contributed by atoms with Crippen LogP contribution in [0.5, 0.6) is 11.5 Å². The minimum atomic E-state index is -0.577. The average molecular weight is 509 g/mol. The lowest BCUT2D eigenvalue weighted by molar-refractivity contribution is -0.151. The highest BCUT2D eigenvalue weighted by Gasteiger charge is 2.24. The first-order chi connectivity index (χ1) is 17.0. The molecule has 0 aliphatic rings. The van der Waals surface area contributed by atoms with Gasteiger partial charge in [-0.1, -0.05) is 51.3 Å². The number of hydrogen-bond acceptors (Lipinski definition) is 6. The van der Waals surface area contributed by atoms with E-state index in [0.29, 0.717) is 11.5 Å². The van der Waals surface area contributed by atoms with Crippen molar-refractivity contribution in [2.45, 2.75) is 72.0 Å². The monoisotopic (exact) mass is 508 g/mol. The molecule has 0 aliphatic heterocycles. The zero-order valence-corrected chi connectivity index (χ0v) is 23.4. The van der Waals surface area contributed by atoms with Crippen molar-refractivity contribution in [1.29, 1.82) is 0 Å². The Morgan fingerprint density at radius 2 is 0.892 bits per heavy atom. The van der Waals surface area contributed by atoms with Gasteiger partial charge < -0.3 is 18.9 Å². The van der Waals surface area contributed by atoms with Crippen LogP contribution in [0.15, 0.2) is 72.8 Å². The highest BCUT2D eigenvalue weighted by molar-refractivity contribution is 5.88. The van der Waals surface area contributed by atoms with Crippen molar-refractivity contribution in [3.05, 3.63) is 84.0 Å². The third-order valence-electron chi connectivity index (χ3n) is 5.35. The summed E-state index contributed by atoms with van der Waals surface area (Å²) in [6, 6.07) is 15.5. The number of hydrogen-bond donors (Lipinski definition) is 0. The van der Waals surface area contributed by atoms with Gasteiger partial charge >= 0.3 is 11.9 Å². The second-order valence-electron chi connectivity index (χ2n) is 11.5. The molecule has 0 aromatic heterocycles. The van der Waals surface area contributed by atoms with Gasteiger partial charge in [0, 0.05) is 5.41 Å². The quantitative estimate of drug-likeness (QED) is 0.267. The lowest BCUT2D eigenvalue weighted by Crippen LogP contribution is -2.26. The summed E-state index contributed by atoms with van der Waals surface area (Å²) < 4.78 is 22.1. The molecule has 0 N–H and O–H groups in total. The van der Waals surface area contributed by atoms with Crippen LogP contribution in [0.4, 0.5) is 0 Å². The van der Waals surface area contributed by atoms with E-state index in [-0.39, 0.29) is 29.8 Å². The van der Waals surface area contributed by atoms with Crippen molar-refractivity contribution in [2.24, 2.45) is 0 Å². The number of carbonyl (C=O) groups is 2. The van der Waals surface area contributed by atoms with Crippen LogP contribution in [0.25, 0.3) is 0 Å². The van der Waals surface area contributed by atoms with Gasteiger partial charge in [0.15, 0.2) is 0 Å². The van der Waals surface area contributed by atoms with Crippen LogP contribution < -0.4 is 9.47 Å². The molecule has 0 atom stereocenters. The Hall–Kier alpha value is -3.54. The standard InChI is InChI=1S/C31H40O6/c1-21(27(32)36-29(3,4)5)19-34-25-15-11-23(12-16-25)31(9,10)24-13-17-26(18-14-24)35-20-22(2)28(33)37-30(6,7)8/h11-18H,1-2,19-20H2,3-10H3. The highest BCUT2D eigenvalue weighted by atomic mass is 16.6. The molecule has 6 heteroatoms. The molecule has 0 saturated heterocycles. The van der Waals surface area contributed by atoms with E-state index in [1.54, 1.807) is 0 Å². The molecule has 0 spiro atoms. The Morgan fingerprint density at radius 1 is 0.595 bits per heavy atom. The van der Waals surface area contributed by atoms with Gasteiger partial charge in [0.05, 0.1) is 11.1 Å². The predicted molar refractivity (Wildman–Crippen MR) is 146 cm³/mol. The van der Waals surface area contributed by atoms with Gasteiger partial charge in [-0.05, 0) is 76.9 Å². The molecule has 2 rings (SSSR count). The van der Waals surface area contributed by atoms with Crippen LogP contribution in [0.2, 0.25) is 0 Å². The first kappa shape index (κ1) is 29.7. The molecule has 0 unspecified atom stereocenters. The van der Waals surface area contributed by atoms with Crippen LogP contribution in [0.1, 0.15) is 66.5 Å². The predicted octanol–water partition coefficient (Wildman–Crippen LogP) is 6.57. The smallest absolute Gasteiger partial charge is 0.337 e. The van der Waals surface area contributed by atoms with E-state index in [4.69, 9.17) is 18.9 Å². The van der Waals surface area contributed by atoms with Crippen molar-refractivity contribution in [1.82, 2.24) is 0 Å². The summed E-state index contributed by atoms with van der Waals surface area (Å²) in [5, 5.41) is 0. The maximum atomic E-state index is 12.1. The van der Waals surface area contributed by atoms with E-state index < -0.39 is 23.1 Å². The van der Waals surface area contributed by atoms with E-state index in [1.807, 2.05) is 90.1 Å². The summed E-state index contributed by atoms with van der Waals surface area (Å²) in [5.74, 6) is 0.343. The lowest BCUT2D eigenvalue weighted by atomic mass is 9.78. The Morgan fingerprint density at radius 3 is 1.16 bits per heavy atom. The number of benzene rings is 2. The molecular formula is C31H40O6. The number of ether oxygens (including phenoxy) is 4. The summed E-state index contributed by atoms with van der Waals surface area (Å²) in [5.41, 5.74) is 1.28. The van der Waals surface area contributed by atoms with E-state index >= 15 is 0 Å². The topological polar surface area (TPSA) is 71.1 Å². The Labute approximate surface area is 221 Å². The zero-order chi connectivity index (χ0) is 28.0. The largest absolute Gasteiger partial charge is 0.489 e. The zero-order valence-electron chi connectivity index (χ0n) is 23.4. The van der Waals surface area contributed by atoms with Crippen molar-refractivity contribution >= 4 is 11.9 Å². The van der Waals surface area contributed by atoms with Crippen molar-refractivity contribution in [2.75, 3.05) is 13.2 Å². The summed E-state index contributed by atoms with van der Waals surface area (Å²) in [7, 11) is 0. The maximum absolute atomic E-state index is 12.1. The minimum absolute atomic E-state index is 0.0550. The molecule has 200 valence electrons. The molecule has 0 bridgehead atoms. The fourth-order valence-corrected chi connectivity index (χ4v) is 3.26. The molecule has 0 amide bonds. The summed E-state index contributed by atoms with van der Waals surface area (Å²) in [4.78, 5) is 24.1. The molecule has 37 heavy (non-hydrogen) atoms. The highest BCUT2D eigenvalue weighted by Crippen LogP contribution is 2.33. The minimum Gasteiger partial charge on any atom is -0.489 e. The Kier molecular flexibility index (Phi) is 9.37. The van der Waals surface area contributed by atoms with Crippen LogP contribution in [0.3, 0.4) is 0 Å². The van der Waals surface area contributed by atoms with Crippen LogP contribution >= 0.6 is 0 Å². The van der Waals surface area contributed by atoms with Gasteiger partial charge in [-0.3, -0.25) is 0 Å². The maximum Gasteiger partial charge on any atom is 0.337 e. The van der Waals surface area contributed by atoms with Gasteiger partial charge in [0.1, 0.15) is 35.9 Å². The van der Waals surface area contributed by atoms with Crippen molar-refractivity contribution < 1.29 is 28.5 Å². The molecule has 0 aliphatic carbocycles. The summed E-state index contributed by atoms with van der Waals surface area (Å²) in [6.45, 7) is 22.8. The fraction of sp³-hybridized carbons (Fsp3) is 0.419. The first-order valence-corrected chi connectivity index (χ1v) is 12.3. The van der Waals surface area contributed by atoms with Crippen LogP contribution in [-0.4, -0.2) is 36.4 Å². The molecular weight excluding hydrogens is 468 g/mol. The average Bonchev–Trinajstić information content (AvgIpc) is 2.79. The Balaban J connectivity index is 1.96. The van der Waals surface area contributed by atoms with E-state index in [0.717, 1.165) is 11.1 Å². The number of esters is 2. The van der Waals surface area contributed by atoms with Crippen LogP contribution in [-0.2, 0) is 24.5 Å². The molecule has 0 radical (unpaired) electrons. The third kappa shape index (κ3) is 9.45. The van der Waals surface area contributed by atoms with Gasteiger partial charge in [-0.2, -0.15) is 0 Å². The molecule has 0 saturated carbocycles. The molecule has 6 nitrogen and oxygen atoms in total. The summed E-state index contributed by atoms with van der Waals surface area (Å²) >= 11 is 0. The Bertz CT molecular complexity index is 1020. The fourth-order valence-electron chi connectivity index (χ4n) is 3.26. The van der Waals surface area contributed by atoms with Gasteiger partial charge in [-0.15, -0.1) is 0 Å². The van der Waals surface area contributed by atoms with Gasteiger partial charge in [0.2, 0.25) is 0 Å². The van der Waals surface area contributed by atoms with Crippen molar-refractivity contribution in [3.63, 3.8) is 0 Å². The van der Waals surface area contributed by atoms with E-state index in [1.165, 1.54) is 0 Å². The second kappa shape index (κ2) is 11.7. The first-order valence-electron chi connectivity index (χ1n) is 12.3. The molecule has 2 aromatic carbocycles. The van der Waals surface area contributed by atoms with E-state index in [9.17, 15) is 9.59 Å². The lowest BCUT2D eigenvalue weighted by Gasteiger charge is -2.26. The van der Waals surface area contributed by atoms with Crippen molar-refractivity contribution in [3.8, 4) is 11.5 Å². The third-order valence-corrected chi connectivity index (χ3v) is 5.35. The molecule has 2 aromatic rings. The van der Waals surface area contributed by atoms with E-state index in [2.05, 4.69) is 27.0 Å². The molecule has 0 heterocycles. The number of carbonyl (C=O) groups excluding carboxylic acids is 2. The van der Waals surface area contributed by atoms with Gasteiger partial charge in [-0.25, -0.2) is 9.59 Å². The summed E-state index contributed by atoms with van der Waals surface area (Å²) in [6.07, 6.45) is 0. The second-order valence-corrected chi connectivity index (χ2v) is 11.5.